The average molecular weight is 210 g/mol. The quantitative estimate of drug-likeness (QED) is 0.714. The Kier molecular flexibility index (Phi) is 2.54. The van der Waals surface area contributed by atoms with Gasteiger partial charge in [0.1, 0.15) is 6.10 Å². The van der Waals surface area contributed by atoms with Gasteiger partial charge in [0.15, 0.2) is 5.82 Å². The molecule has 1 aliphatic heterocycles. The maximum atomic E-state index is 5.68. The summed E-state index contributed by atoms with van der Waals surface area (Å²) in [6.07, 6.45) is 2.36. The van der Waals surface area contributed by atoms with Crippen molar-refractivity contribution in [3.8, 4) is 0 Å². The zero-order chi connectivity index (χ0) is 11.1. The van der Waals surface area contributed by atoms with E-state index in [1.54, 1.807) is 0 Å². The molecule has 0 amide bonds. The fourth-order valence-electron chi connectivity index (χ4n) is 1.65. The van der Waals surface area contributed by atoms with E-state index in [1.807, 2.05) is 0 Å². The topological polar surface area (TPSA) is 48.2 Å². The molecule has 0 N–H and O–H groups in total. The van der Waals surface area contributed by atoms with E-state index in [1.165, 1.54) is 0 Å². The molecule has 0 spiro atoms. The van der Waals surface area contributed by atoms with Gasteiger partial charge < -0.3 is 9.26 Å². The van der Waals surface area contributed by atoms with Crippen LogP contribution in [-0.4, -0.2) is 16.2 Å². The molecular weight excluding hydrogens is 192 g/mol. The van der Waals surface area contributed by atoms with Crippen LogP contribution >= 0.6 is 0 Å². The molecule has 0 aliphatic carbocycles. The van der Waals surface area contributed by atoms with Crippen LogP contribution in [-0.2, 0) is 10.2 Å². The number of hydrogen-bond acceptors (Lipinski definition) is 4. The zero-order valence-corrected chi connectivity index (χ0v) is 9.78. The van der Waals surface area contributed by atoms with Crippen molar-refractivity contribution in [2.45, 2.75) is 58.2 Å². The van der Waals surface area contributed by atoms with Crippen molar-refractivity contribution in [2.24, 2.45) is 0 Å². The van der Waals surface area contributed by atoms with Gasteiger partial charge in [0.05, 0.1) is 6.10 Å². The molecule has 0 aromatic carbocycles. The van der Waals surface area contributed by atoms with Crippen molar-refractivity contribution in [3.63, 3.8) is 0 Å². The molecule has 1 fully saturated rings. The summed E-state index contributed by atoms with van der Waals surface area (Å²) in [5.74, 6) is 1.38. The van der Waals surface area contributed by atoms with Crippen LogP contribution < -0.4 is 0 Å². The molecule has 4 nitrogen and oxygen atoms in total. The summed E-state index contributed by atoms with van der Waals surface area (Å²) in [7, 11) is 0. The van der Waals surface area contributed by atoms with Crippen molar-refractivity contribution >= 4 is 0 Å². The Morgan fingerprint density at radius 3 is 2.47 bits per heavy atom. The largest absolute Gasteiger partial charge is 0.365 e. The Balaban J connectivity index is 2.14. The van der Waals surface area contributed by atoms with E-state index in [-0.39, 0.29) is 11.5 Å². The molecule has 0 radical (unpaired) electrons. The van der Waals surface area contributed by atoms with Gasteiger partial charge in [-0.05, 0) is 19.8 Å². The number of aromatic nitrogens is 2. The maximum absolute atomic E-state index is 5.68. The highest BCUT2D eigenvalue weighted by Crippen LogP contribution is 2.32. The number of rotatable bonds is 1. The molecule has 84 valence electrons. The third kappa shape index (κ3) is 2.20. The van der Waals surface area contributed by atoms with Crippen molar-refractivity contribution in [2.75, 3.05) is 0 Å². The normalized spacial score (nSPS) is 27.2. The Hall–Kier alpha value is -0.900. The fourth-order valence-corrected chi connectivity index (χ4v) is 1.65. The van der Waals surface area contributed by atoms with Crippen molar-refractivity contribution in [3.05, 3.63) is 11.7 Å². The van der Waals surface area contributed by atoms with Crippen LogP contribution in [0.25, 0.3) is 0 Å². The smallest absolute Gasteiger partial charge is 0.255 e. The van der Waals surface area contributed by atoms with Crippen LogP contribution in [0.1, 0.15) is 58.4 Å². The molecule has 2 atom stereocenters. The Morgan fingerprint density at radius 2 is 2.00 bits per heavy atom. The van der Waals surface area contributed by atoms with Gasteiger partial charge in [-0.1, -0.05) is 25.9 Å². The molecule has 4 heteroatoms. The molecule has 2 heterocycles. The average Bonchev–Trinajstić information content (AvgIpc) is 2.69. The van der Waals surface area contributed by atoms with Crippen LogP contribution in [0, 0.1) is 0 Å². The van der Waals surface area contributed by atoms with E-state index in [4.69, 9.17) is 9.26 Å². The second-order valence-electron chi connectivity index (χ2n) is 5.22. The minimum absolute atomic E-state index is 0.00333. The molecule has 15 heavy (non-hydrogen) atoms. The molecule has 0 saturated carbocycles. The first-order valence-electron chi connectivity index (χ1n) is 5.46. The van der Waals surface area contributed by atoms with Gasteiger partial charge >= 0.3 is 0 Å². The first-order chi connectivity index (χ1) is 6.97. The highest BCUT2D eigenvalue weighted by atomic mass is 16.5. The van der Waals surface area contributed by atoms with Crippen molar-refractivity contribution in [1.29, 1.82) is 0 Å². The van der Waals surface area contributed by atoms with Crippen LogP contribution in [0.3, 0.4) is 0 Å². The Bertz CT molecular complexity index is 341. The Labute approximate surface area is 90.0 Å². The standard InChI is InChI=1S/C11H18N2O2/c1-7-5-6-8(14-7)9-12-10(13-15-9)11(2,3)4/h7-8H,5-6H2,1-4H3/t7-,8-/m0/s1. The van der Waals surface area contributed by atoms with Gasteiger partial charge in [0.2, 0.25) is 0 Å². The van der Waals surface area contributed by atoms with Gasteiger partial charge in [0.25, 0.3) is 5.89 Å². The highest BCUT2D eigenvalue weighted by Gasteiger charge is 2.30. The molecule has 1 aliphatic rings. The van der Waals surface area contributed by atoms with Gasteiger partial charge in [0, 0.05) is 5.41 Å². The summed E-state index contributed by atoms with van der Waals surface area (Å²) < 4.78 is 10.9. The molecular formula is C11H18N2O2. The summed E-state index contributed by atoms with van der Waals surface area (Å²) in [4.78, 5) is 4.40. The lowest BCUT2D eigenvalue weighted by molar-refractivity contribution is 0.0355. The van der Waals surface area contributed by atoms with Crippen LogP contribution in [0.5, 0.6) is 0 Å². The molecule has 0 bridgehead atoms. The SMILES string of the molecule is C[C@H]1CC[C@@H](c2nc(C(C)(C)C)no2)O1. The van der Waals surface area contributed by atoms with Gasteiger partial charge in [-0.2, -0.15) is 4.98 Å². The van der Waals surface area contributed by atoms with Crippen molar-refractivity contribution in [1.82, 2.24) is 10.1 Å². The predicted molar refractivity (Wildman–Crippen MR) is 55.5 cm³/mol. The molecule has 2 rings (SSSR count). The van der Waals surface area contributed by atoms with E-state index >= 15 is 0 Å². The third-order valence-corrected chi connectivity index (χ3v) is 2.62. The summed E-state index contributed by atoms with van der Waals surface area (Å²) in [5, 5.41) is 3.99. The van der Waals surface area contributed by atoms with Gasteiger partial charge in [-0.25, -0.2) is 0 Å². The summed E-state index contributed by atoms with van der Waals surface area (Å²) >= 11 is 0. The predicted octanol–water partition coefficient (Wildman–Crippen LogP) is 2.61. The van der Waals surface area contributed by atoms with E-state index in [9.17, 15) is 0 Å². The van der Waals surface area contributed by atoms with Gasteiger partial charge in [-0.15, -0.1) is 0 Å². The number of hydrogen-bond donors (Lipinski definition) is 0. The van der Waals surface area contributed by atoms with E-state index < -0.39 is 0 Å². The third-order valence-electron chi connectivity index (χ3n) is 2.62. The van der Waals surface area contributed by atoms with Gasteiger partial charge in [-0.3, -0.25) is 0 Å². The van der Waals surface area contributed by atoms with Crippen LogP contribution in [0.15, 0.2) is 4.52 Å². The van der Waals surface area contributed by atoms with E-state index in [2.05, 4.69) is 37.8 Å². The minimum Gasteiger partial charge on any atom is -0.365 e. The monoisotopic (exact) mass is 210 g/mol. The lowest BCUT2D eigenvalue weighted by Crippen LogP contribution is -2.13. The van der Waals surface area contributed by atoms with Crippen LogP contribution in [0.4, 0.5) is 0 Å². The number of ether oxygens (including phenoxy) is 1. The molecule has 1 saturated heterocycles. The second-order valence-corrected chi connectivity index (χ2v) is 5.22. The summed E-state index contributed by atoms with van der Waals surface area (Å²) in [6, 6.07) is 0. The first kappa shape index (κ1) is 10.6. The summed E-state index contributed by atoms with van der Waals surface area (Å²) in [5.41, 5.74) is -0.0635. The summed E-state index contributed by atoms with van der Waals surface area (Å²) in [6.45, 7) is 8.28. The number of nitrogens with zero attached hydrogens (tertiary/aromatic N) is 2. The lowest BCUT2D eigenvalue weighted by Gasteiger charge is -2.11. The zero-order valence-electron chi connectivity index (χ0n) is 9.78. The van der Waals surface area contributed by atoms with E-state index in [0.29, 0.717) is 12.0 Å². The second kappa shape index (κ2) is 3.59. The van der Waals surface area contributed by atoms with Crippen molar-refractivity contribution < 1.29 is 9.26 Å². The minimum atomic E-state index is -0.0635. The van der Waals surface area contributed by atoms with Crippen LogP contribution in [0.2, 0.25) is 0 Å². The molecule has 1 aromatic heterocycles. The highest BCUT2D eigenvalue weighted by molar-refractivity contribution is 5.02. The molecule has 1 aromatic rings. The lowest BCUT2D eigenvalue weighted by atomic mass is 9.96. The first-order valence-corrected chi connectivity index (χ1v) is 5.46. The maximum Gasteiger partial charge on any atom is 0.255 e. The Morgan fingerprint density at radius 1 is 1.27 bits per heavy atom. The molecule has 0 unspecified atom stereocenters. The van der Waals surface area contributed by atoms with E-state index in [0.717, 1.165) is 18.7 Å². The fraction of sp³-hybridized carbons (Fsp3) is 0.818.